The quantitative estimate of drug-likeness (QED) is 0.842. The zero-order chi connectivity index (χ0) is 19.3. The molecule has 5 heterocycles. The highest BCUT2D eigenvalue weighted by atomic mass is 32.1. The van der Waals surface area contributed by atoms with Gasteiger partial charge in [-0.2, -0.15) is 0 Å². The number of nitrogens with zero attached hydrogens (tertiary/aromatic N) is 2. The zero-order valence-electron chi connectivity index (χ0n) is 16.5. The number of hydrogen-bond acceptors (Lipinski definition) is 5. The summed E-state index contributed by atoms with van der Waals surface area (Å²) < 4.78 is 6.53. The summed E-state index contributed by atoms with van der Waals surface area (Å²) in [5.74, 6) is 0.902. The van der Waals surface area contributed by atoms with Crippen LogP contribution in [-0.4, -0.2) is 47.1 Å². The van der Waals surface area contributed by atoms with Crippen molar-refractivity contribution < 1.29 is 9.53 Å². The molecule has 0 unspecified atom stereocenters. The van der Waals surface area contributed by atoms with E-state index in [0.29, 0.717) is 30.0 Å². The second kappa shape index (κ2) is 6.94. The van der Waals surface area contributed by atoms with Gasteiger partial charge >= 0.3 is 0 Å². The van der Waals surface area contributed by atoms with E-state index in [-0.39, 0.29) is 11.5 Å². The van der Waals surface area contributed by atoms with Gasteiger partial charge in [0.2, 0.25) is 0 Å². The summed E-state index contributed by atoms with van der Waals surface area (Å²) >= 11 is 1.89. The highest BCUT2D eigenvalue weighted by molar-refractivity contribution is 7.11. The van der Waals surface area contributed by atoms with Crippen molar-refractivity contribution in [2.75, 3.05) is 19.6 Å². The number of ether oxygens (including phenoxy) is 1. The molecule has 1 N–H and O–H groups in total. The largest absolute Gasteiger partial charge is 0.370 e. The Morgan fingerprint density at radius 3 is 3.07 bits per heavy atom. The fraction of sp³-hybridized carbons (Fsp3) is 0.545. The fourth-order valence-electron chi connectivity index (χ4n) is 5.50. The molecule has 1 amide bonds. The van der Waals surface area contributed by atoms with Gasteiger partial charge in [-0.3, -0.25) is 14.7 Å². The highest BCUT2D eigenvalue weighted by Gasteiger charge is 2.62. The number of aryl methyl sites for hydroxylation is 2. The first kappa shape index (κ1) is 18.3. The van der Waals surface area contributed by atoms with E-state index in [2.05, 4.69) is 34.3 Å². The summed E-state index contributed by atoms with van der Waals surface area (Å²) in [7, 11) is 0. The average molecular weight is 398 g/mol. The summed E-state index contributed by atoms with van der Waals surface area (Å²) in [4.78, 5) is 22.2. The van der Waals surface area contributed by atoms with Gasteiger partial charge in [0.05, 0.1) is 17.3 Å². The van der Waals surface area contributed by atoms with E-state index in [1.165, 1.54) is 9.75 Å². The summed E-state index contributed by atoms with van der Waals surface area (Å²) in [6.45, 7) is 7.84. The lowest BCUT2D eigenvalue weighted by molar-refractivity contribution is 0.00219. The van der Waals surface area contributed by atoms with Crippen LogP contribution in [-0.2, 0) is 11.3 Å². The van der Waals surface area contributed by atoms with E-state index in [4.69, 9.17) is 4.74 Å². The normalized spacial score (nSPS) is 31.3. The molecule has 0 aliphatic carbocycles. The van der Waals surface area contributed by atoms with Gasteiger partial charge in [-0.25, -0.2) is 0 Å². The van der Waals surface area contributed by atoms with Crippen LogP contribution in [0.25, 0.3) is 0 Å². The van der Waals surface area contributed by atoms with Gasteiger partial charge in [0.1, 0.15) is 0 Å². The molecular weight excluding hydrogens is 370 g/mol. The Morgan fingerprint density at radius 1 is 1.39 bits per heavy atom. The van der Waals surface area contributed by atoms with Crippen molar-refractivity contribution in [1.29, 1.82) is 0 Å². The van der Waals surface area contributed by atoms with Crippen LogP contribution in [0.15, 0.2) is 30.5 Å². The van der Waals surface area contributed by atoms with Crippen LogP contribution in [0.3, 0.4) is 0 Å². The second-order valence-electron chi connectivity index (χ2n) is 8.56. The van der Waals surface area contributed by atoms with Crippen molar-refractivity contribution in [2.45, 2.75) is 44.9 Å². The van der Waals surface area contributed by atoms with E-state index in [1.807, 2.05) is 30.4 Å². The maximum absolute atomic E-state index is 12.6. The third-order valence-electron chi connectivity index (χ3n) is 6.78. The second-order valence-corrected chi connectivity index (χ2v) is 9.93. The number of pyridine rings is 1. The minimum Gasteiger partial charge on any atom is -0.370 e. The Bertz CT molecular complexity index is 897. The van der Waals surface area contributed by atoms with Crippen molar-refractivity contribution in [2.24, 2.45) is 11.8 Å². The first-order valence-electron chi connectivity index (χ1n) is 10.2. The lowest BCUT2D eigenvalue weighted by atomic mass is 9.73. The number of carbonyl (C=O) groups is 1. The molecule has 1 spiro atoms. The Balaban J connectivity index is 1.25. The van der Waals surface area contributed by atoms with Gasteiger partial charge in [0, 0.05) is 59.7 Å². The summed E-state index contributed by atoms with van der Waals surface area (Å²) in [5.41, 5.74) is 1.46. The summed E-state index contributed by atoms with van der Waals surface area (Å²) in [6.07, 6.45) is 4.30. The number of nitrogens with one attached hydrogen (secondary N) is 1. The molecule has 0 aromatic carbocycles. The monoisotopic (exact) mass is 397 g/mol. The number of fused-ring (bicyclic) bond motifs is 1. The maximum Gasteiger partial charge on any atom is 0.253 e. The Labute approximate surface area is 170 Å². The molecule has 5 rings (SSSR count). The Morgan fingerprint density at radius 2 is 2.29 bits per heavy atom. The van der Waals surface area contributed by atoms with Gasteiger partial charge in [-0.05, 0) is 51.0 Å². The van der Waals surface area contributed by atoms with Crippen molar-refractivity contribution >= 4 is 17.2 Å². The Kier molecular flexibility index (Phi) is 4.53. The molecule has 3 saturated heterocycles. The van der Waals surface area contributed by atoms with Crippen LogP contribution in [0, 0.1) is 25.7 Å². The SMILES string of the molecule is Cc1ccc(CN2C[C@@H]3[C@H](CNC(=O)c4cccnc4C)[C@H]4CC[C@]3(C2)O4)s1. The van der Waals surface area contributed by atoms with E-state index >= 15 is 0 Å². The Hall–Kier alpha value is -1.76. The number of likely N-dealkylation sites (tertiary alicyclic amines) is 1. The minimum atomic E-state index is -0.0219. The molecule has 2 aromatic rings. The molecule has 28 heavy (non-hydrogen) atoms. The average Bonchev–Trinajstić information content (AvgIpc) is 3.41. The lowest BCUT2D eigenvalue weighted by Crippen LogP contribution is -2.42. The van der Waals surface area contributed by atoms with Crippen LogP contribution < -0.4 is 5.32 Å². The van der Waals surface area contributed by atoms with Gasteiger partial charge < -0.3 is 10.1 Å². The topological polar surface area (TPSA) is 54.5 Å². The molecule has 2 bridgehead atoms. The highest BCUT2D eigenvalue weighted by Crippen LogP contribution is 2.54. The van der Waals surface area contributed by atoms with Crippen molar-refractivity contribution in [3.05, 3.63) is 51.5 Å². The fourth-order valence-corrected chi connectivity index (χ4v) is 6.43. The third kappa shape index (κ3) is 3.08. The first-order valence-corrected chi connectivity index (χ1v) is 11.0. The van der Waals surface area contributed by atoms with Crippen molar-refractivity contribution in [1.82, 2.24) is 15.2 Å². The van der Waals surface area contributed by atoms with Gasteiger partial charge in [0.15, 0.2) is 0 Å². The molecule has 0 saturated carbocycles. The molecule has 3 fully saturated rings. The smallest absolute Gasteiger partial charge is 0.253 e. The zero-order valence-corrected chi connectivity index (χ0v) is 17.3. The number of hydrogen-bond donors (Lipinski definition) is 1. The van der Waals surface area contributed by atoms with Crippen molar-refractivity contribution in [3.63, 3.8) is 0 Å². The van der Waals surface area contributed by atoms with Crippen LogP contribution in [0.2, 0.25) is 0 Å². The van der Waals surface area contributed by atoms with E-state index in [0.717, 1.165) is 38.2 Å². The lowest BCUT2D eigenvalue weighted by Gasteiger charge is -2.29. The molecule has 4 atom stereocenters. The minimum absolute atomic E-state index is 0.0105. The molecule has 3 aliphatic rings. The van der Waals surface area contributed by atoms with Crippen LogP contribution >= 0.6 is 11.3 Å². The number of carbonyl (C=O) groups excluding carboxylic acids is 1. The van der Waals surface area contributed by atoms with Gasteiger partial charge in [-0.1, -0.05) is 0 Å². The maximum atomic E-state index is 12.6. The van der Waals surface area contributed by atoms with E-state index in [9.17, 15) is 4.79 Å². The predicted octanol–water partition coefficient (Wildman–Crippen LogP) is 3.17. The number of thiophene rings is 1. The molecular formula is C22H27N3O2S. The number of aromatic nitrogens is 1. The first-order chi connectivity index (χ1) is 13.5. The third-order valence-corrected chi connectivity index (χ3v) is 7.77. The molecule has 2 aromatic heterocycles. The van der Waals surface area contributed by atoms with Crippen LogP contribution in [0.4, 0.5) is 0 Å². The molecule has 5 nitrogen and oxygen atoms in total. The van der Waals surface area contributed by atoms with Crippen LogP contribution in [0.1, 0.15) is 38.6 Å². The van der Waals surface area contributed by atoms with Crippen LogP contribution in [0.5, 0.6) is 0 Å². The molecule has 0 radical (unpaired) electrons. The van der Waals surface area contributed by atoms with Gasteiger partial charge in [-0.15, -0.1) is 11.3 Å². The van der Waals surface area contributed by atoms with E-state index < -0.39 is 0 Å². The number of amides is 1. The van der Waals surface area contributed by atoms with Gasteiger partial charge in [0.25, 0.3) is 5.91 Å². The molecule has 148 valence electrons. The van der Waals surface area contributed by atoms with E-state index in [1.54, 1.807) is 6.20 Å². The predicted molar refractivity (Wildman–Crippen MR) is 109 cm³/mol. The standard InChI is InChI=1S/C22H27N3O2S/c1-14-5-6-16(28-14)11-25-12-19-18(20-7-8-22(19,13-25)27-20)10-24-21(26)17-4-3-9-23-15(17)2/h3-6,9,18-20H,7-8,10-13H2,1-2H3,(H,24,26)/t18-,19+,20+,22+/m0/s1. The molecule has 3 aliphatic heterocycles. The molecule has 6 heteroatoms. The number of rotatable bonds is 5. The van der Waals surface area contributed by atoms with Crippen molar-refractivity contribution in [3.8, 4) is 0 Å². The summed E-state index contributed by atoms with van der Waals surface area (Å²) in [5, 5.41) is 3.17. The summed E-state index contributed by atoms with van der Waals surface area (Å²) in [6, 6.07) is 8.11.